The number of aromatic nitrogens is 3. The molecule has 0 spiro atoms. The van der Waals surface area contributed by atoms with E-state index >= 15 is 0 Å². The largest absolute Gasteiger partial charge is 0.390 e. The number of nitrogens with zero attached hydrogens (tertiary/aromatic N) is 3. The zero-order valence-electron chi connectivity index (χ0n) is 16.1. The summed E-state index contributed by atoms with van der Waals surface area (Å²) in [4.78, 5) is 25.4. The van der Waals surface area contributed by atoms with Crippen molar-refractivity contribution >= 4 is 28.3 Å². The highest BCUT2D eigenvalue weighted by Crippen LogP contribution is 2.46. The van der Waals surface area contributed by atoms with E-state index in [4.69, 9.17) is 5.73 Å². The zero-order chi connectivity index (χ0) is 20.1. The Kier molecular flexibility index (Phi) is 4.27. The Morgan fingerprint density at radius 2 is 2.11 bits per heavy atom. The first kappa shape index (κ1) is 18.3. The Balaban J connectivity index is 1.63. The second kappa shape index (κ2) is 6.53. The third-order valence-corrected chi connectivity index (χ3v) is 5.35. The van der Waals surface area contributed by atoms with Gasteiger partial charge < -0.3 is 16.2 Å². The minimum absolute atomic E-state index is 0.0204. The molecule has 3 aromatic heterocycles. The highest BCUT2D eigenvalue weighted by atomic mass is 16.3. The van der Waals surface area contributed by atoms with E-state index in [0.29, 0.717) is 18.1 Å². The molecule has 1 aliphatic carbocycles. The molecule has 0 aliphatic heterocycles. The lowest BCUT2D eigenvalue weighted by atomic mass is 10.0. The fraction of sp³-hybridized carbons (Fsp3) is 0.333. The van der Waals surface area contributed by atoms with Crippen molar-refractivity contribution in [1.29, 1.82) is 0 Å². The van der Waals surface area contributed by atoms with Gasteiger partial charge in [-0.25, -0.2) is 9.97 Å². The Morgan fingerprint density at radius 3 is 2.79 bits per heavy atom. The van der Waals surface area contributed by atoms with Crippen molar-refractivity contribution in [3.63, 3.8) is 0 Å². The van der Waals surface area contributed by atoms with Gasteiger partial charge in [-0.1, -0.05) is 0 Å². The second-order valence-electron chi connectivity index (χ2n) is 7.97. The summed E-state index contributed by atoms with van der Waals surface area (Å²) in [5, 5.41) is 14.5. The number of nitrogen functional groups attached to an aromatic ring is 1. The van der Waals surface area contributed by atoms with Gasteiger partial charge in [0.1, 0.15) is 11.6 Å². The van der Waals surface area contributed by atoms with Gasteiger partial charge in [-0.15, -0.1) is 0 Å². The van der Waals surface area contributed by atoms with E-state index in [0.717, 1.165) is 27.6 Å². The second-order valence-corrected chi connectivity index (χ2v) is 7.97. The average Bonchev–Trinajstić information content (AvgIpc) is 3.43. The number of aryl methyl sites for hydroxylation is 1. The summed E-state index contributed by atoms with van der Waals surface area (Å²) in [6.45, 7) is 5.46. The summed E-state index contributed by atoms with van der Waals surface area (Å²) < 4.78 is 0. The van der Waals surface area contributed by atoms with Gasteiger partial charge in [-0.05, 0) is 62.3 Å². The van der Waals surface area contributed by atoms with E-state index in [1.165, 1.54) is 0 Å². The number of hydrogen-bond acceptors (Lipinski definition) is 6. The molecule has 1 unspecified atom stereocenters. The van der Waals surface area contributed by atoms with Crippen molar-refractivity contribution in [1.82, 2.24) is 15.0 Å². The number of rotatable bonds is 4. The van der Waals surface area contributed by atoms with Crippen LogP contribution in [-0.4, -0.2) is 31.6 Å². The predicted molar refractivity (Wildman–Crippen MR) is 108 cm³/mol. The molecule has 1 aliphatic rings. The van der Waals surface area contributed by atoms with Crippen LogP contribution in [0.5, 0.6) is 0 Å². The molecule has 1 saturated carbocycles. The highest BCUT2D eigenvalue weighted by molar-refractivity contribution is 5.98. The summed E-state index contributed by atoms with van der Waals surface area (Å²) in [6.07, 6.45) is 5.80. The molecule has 0 radical (unpaired) electrons. The topological polar surface area (TPSA) is 114 Å². The summed E-state index contributed by atoms with van der Waals surface area (Å²) >= 11 is 0. The highest BCUT2D eigenvalue weighted by Gasteiger charge is 2.51. The van der Waals surface area contributed by atoms with Crippen LogP contribution in [0.4, 0.5) is 11.6 Å². The molecule has 28 heavy (non-hydrogen) atoms. The normalized spacial score (nSPS) is 18.9. The number of anilines is 2. The summed E-state index contributed by atoms with van der Waals surface area (Å²) in [5.74, 6) is 0.509. The first-order chi connectivity index (χ1) is 13.2. The SMILES string of the molecule is Cc1ccncc1-c1cc2cc(NC(=O)[C@H]3CC3C(C)(C)O)ncc2c(N)n1. The standard InChI is InChI=1S/C21H23N5O2/c1-11-4-5-23-9-14(11)17-6-12-7-18(24-10-15(12)19(22)25-17)26-20(27)13-8-16(13)21(2,3)28/h4-7,9-10,13,16,28H,8H2,1-3H3,(H2,22,25)(H,24,26,27)/t13-,16?/m0/s1. The first-order valence-corrected chi connectivity index (χ1v) is 9.24. The third kappa shape index (κ3) is 3.41. The van der Waals surface area contributed by atoms with Crippen LogP contribution in [0.1, 0.15) is 25.8 Å². The van der Waals surface area contributed by atoms with Gasteiger partial charge in [-0.2, -0.15) is 0 Å². The first-order valence-electron chi connectivity index (χ1n) is 9.24. The predicted octanol–water partition coefficient (Wildman–Crippen LogP) is 2.93. The lowest BCUT2D eigenvalue weighted by molar-refractivity contribution is -0.118. The average molecular weight is 377 g/mol. The molecular formula is C21H23N5O2. The zero-order valence-corrected chi connectivity index (χ0v) is 16.1. The quantitative estimate of drug-likeness (QED) is 0.644. The number of pyridine rings is 3. The van der Waals surface area contributed by atoms with Gasteiger partial charge in [0.15, 0.2) is 0 Å². The fourth-order valence-electron chi connectivity index (χ4n) is 3.60. The molecule has 2 atom stereocenters. The molecule has 3 heterocycles. The molecule has 1 fully saturated rings. The summed E-state index contributed by atoms with van der Waals surface area (Å²) in [5.41, 5.74) is 7.97. The lowest BCUT2D eigenvalue weighted by Gasteiger charge is -2.16. The van der Waals surface area contributed by atoms with Crippen molar-refractivity contribution in [2.45, 2.75) is 32.8 Å². The van der Waals surface area contributed by atoms with Crippen LogP contribution < -0.4 is 11.1 Å². The molecule has 1 amide bonds. The minimum Gasteiger partial charge on any atom is -0.390 e. The van der Waals surface area contributed by atoms with Crippen molar-refractivity contribution in [3.8, 4) is 11.3 Å². The van der Waals surface area contributed by atoms with E-state index in [9.17, 15) is 9.90 Å². The van der Waals surface area contributed by atoms with E-state index in [-0.39, 0.29) is 17.7 Å². The fourth-order valence-corrected chi connectivity index (χ4v) is 3.60. The number of carbonyl (C=O) groups excluding carboxylic acids is 1. The monoisotopic (exact) mass is 377 g/mol. The van der Waals surface area contributed by atoms with Gasteiger partial charge in [0, 0.05) is 35.5 Å². The van der Waals surface area contributed by atoms with Gasteiger partial charge in [0.2, 0.25) is 5.91 Å². The maximum atomic E-state index is 12.5. The summed E-state index contributed by atoms with van der Waals surface area (Å²) in [7, 11) is 0. The molecule has 0 saturated heterocycles. The van der Waals surface area contributed by atoms with Crippen molar-refractivity contribution in [2.24, 2.45) is 11.8 Å². The number of aliphatic hydroxyl groups is 1. The number of carbonyl (C=O) groups is 1. The lowest BCUT2D eigenvalue weighted by Crippen LogP contribution is -2.26. The number of nitrogens with one attached hydrogen (secondary N) is 1. The van der Waals surface area contributed by atoms with Gasteiger partial charge >= 0.3 is 0 Å². The third-order valence-electron chi connectivity index (χ3n) is 5.35. The minimum atomic E-state index is -0.852. The van der Waals surface area contributed by atoms with Crippen LogP contribution in [0.3, 0.4) is 0 Å². The number of fused-ring (bicyclic) bond motifs is 1. The molecule has 4 rings (SSSR count). The maximum absolute atomic E-state index is 12.5. The van der Waals surface area contributed by atoms with Crippen LogP contribution in [0.25, 0.3) is 22.0 Å². The molecule has 144 valence electrons. The Labute approximate surface area is 163 Å². The summed E-state index contributed by atoms with van der Waals surface area (Å²) in [6, 6.07) is 5.63. The molecule has 7 nitrogen and oxygen atoms in total. The van der Waals surface area contributed by atoms with Gasteiger partial charge in [0.05, 0.1) is 11.3 Å². The Bertz CT molecular complexity index is 1070. The molecule has 4 N–H and O–H groups in total. The van der Waals surface area contributed by atoms with E-state index in [1.54, 1.807) is 38.5 Å². The number of nitrogens with two attached hydrogens (primary N) is 1. The van der Waals surface area contributed by atoms with Crippen LogP contribution >= 0.6 is 0 Å². The maximum Gasteiger partial charge on any atom is 0.229 e. The van der Waals surface area contributed by atoms with Crippen molar-refractivity contribution in [3.05, 3.63) is 42.4 Å². The van der Waals surface area contributed by atoms with Gasteiger partial charge in [-0.3, -0.25) is 9.78 Å². The van der Waals surface area contributed by atoms with Crippen LogP contribution in [0.2, 0.25) is 0 Å². The van der Waals surface area contributed by atoms with Crippen LogP contribution in [0, 0.1) is 18.8 Å². The molecule has 7 heteroatoms. The smallest absolute Gasteiger partial charge is 0.229 e. The molecule has 0 bridgehead atoms. The van der Waals surface area contributed by atoms with Gasteiger partial charge in [0.25, 0.3) is 0 Å². The van der Waals surface area contributed by atoms with E-state index < -0.39 is 5.60 Å². The van der Waals surface area contributed by atoms with Crippen LogP contribution in [-0.2, 0) is 4.79 Å². The van der Waals surface area contributed by atoms with E-state index in [2.05, 4.69) is 20.3 Å². The van der Waals surface area contributed by atoms with Crippen LogP contribution in [0.15, 0.2) is 36.8 Å². The number of amides is 1. The van der Waals surface area contributed by atoms with E-state index in [1.807, 2.05) is 19.1 Å². The number of hydrogen-bond donors (Lipinski definition) is 3. The molecule has 0 aromatic carbocycles. The van der Waals surface area contributed by atoms with Crippen molar-refractivity contribution < 1.29 is 9.90 Å². The Hall–Kier alpha value is -3.06. The Morgan fingerprint density at radius 1 is 1.32 bits per heavy atom. The molecule has 3 aromatic rings. The van der Waals surface area contributed by atoms with Crippen molar-refractivity contribution in [2.75, 3.05) is 11.1 Å². The molecular weight excluding hydrogens is 354 g/mol.